The average molecular weight is 225 g/mol. The second kappa shape index (κ2) is 4.72. The smallest absolute Gasteiger partial charge is 0.222 e. The van der Waals surface area contributed by atoms with E-state index in [1.54, 1.807) is 0 Å². The second-order valence-electron chi connectivity index (χ2n) is 5.56. The van der Waals surface area contributed by atoms with Crippen LogP contribution in [0.4, 0.5) is 0 Å². The third-order valence-corrected chi connectivity index (χ3v) is 3.85. The fourth-order valence-electron chi connectivity index (χ4n) is 2.69. The lowest BCUT2D eigenvalue weighted by atomic mass is 9.75. The van der Waals surface area contributed by atoms with E-state index in [9.17, 15) is 4.79 Å². The highest BCUT2D eigenvalue weighted by molar-refractivity contribution is 5.77. The normalized spacial score (nSPS) is 29.5. The molecule has 0 radical (unpaired) electrons. The second-order valence-corrected chi connectivity index (χ2v) is 5.56. The minimum atomic E-state index is -0.190. The molecule has 0 bridgehead atoms. The molecule has 2 fully saturated rings. The Kier molecular flexibility index (Phi) is 3.50. The molecule has 3 N–H and O–H groups in total. The Morgan fingerprint density at radius 2 is 2.25 bits per heavy atom. The number of nitrogens with one attached hydrogen (secondary N) is 1. The molecule has 0 aromatic heterocycles. The first-order chi connectivity index (χ1) is 7.57. The molecule has 1 unspecified atom stereocenters. The van der Waals surface area contributed by atoms with E-state index in [-0.39, 0.29) is 11.4 Å². The van der Waals surface area contributed by atoms with Crippen LogP contribution in [0.15, 0.2) is 0 Å². The quantitative estimate of drug-likeness (QED) is 0.734. The van der Waals surface area contributed by atoms with Crippen molar-refractivity contribution in [2.75, 3.05) is 20.1 Å². The van der Waals surface area contributed by atoms with Gasteiger partial charge < -0.3 is 16.0 Å². The lowest BCUT2D eigenvalue weighted by molar-refractivity contribution is -0.124. The number of likely N-dealkylation sites (N-methyl/N-ethyl adjacent to an activating group) is 1. The monoisotopic (exact) mass is 225 g/mol. The molecule has 1 aliphatic carbocycles. The van der Waals surface area contributed by atoms with Gasteiger partial charge in [-0.3, -0.25) is 4.79 Å². The molecule has 1 saturated carbocycles. The fourth-order valence-corrected chi connectivity index (χ4v) is 2.69. The van der Waals surface area contributed by atoms with Crippen molar-refractivity contribution in [3.8, 4) is 0 Å². The number of piperidine rings is 1. The predicted molar refractivity (Wildman–Crippen MR) is 64.0 cm³/mol. The van der Waals surface area contributed by atoms with Crippen molar-refractivity contribution >= 4 is 5.91 Å². The van der Waals surface area contributed by atoms with Crippen LogP contribution in [0.2, 0.25) is 0 Å². The topological polar surface area (TPSA) is 58.4 Å². The molecule has 2 rings (SSSR count). The molecule has 1 heterocycles. The maximum Gasteiger partial charge on any atom is 0.222 e. The summed E-state index contributed by atoms with van der Waals surface area (Å²) < 4.78 is 0. The highest BCUT2D eigenvalue weighted by Gasteiger charge is 2.35. The zero-order chi connectivity index (χ0) is 11.6. The third kappa shape index (κ3) is 2.95. The number of hydrogen-bond donors (Lipinski definition) is 2. The maximum atomic E-state index is 11.8. The molecule has 1 aliphatic heterocycles. The summed E-state index contributed by atoms with van der Waals surface area (Å²) in [7, 11) is 2.11. The van der Waals surface area contributed by atoms with E-state index in [1.165, 1.54) is 12.8 Å². The van der Waals surface area contributed by atoms with E-state index in [0.29, 0.717) is 12.5 Å². The van der Waals surface area contributed by atoms with Gasteiger partial charge >= 0.3 is 0 Å². The first kappa shape index (κ1) is 11.9. The minimum Gasteiger partial charge on any atom is -0.352 e. The van der Waals surface area contributed by atoms with Crippen molar-refractivity contribution < 1.29 is 4.79 Å². The molecule has 1 amide bonds. The van der Waals surface area contributed by atoms with Crippen LogP contribution in [-0.2, 0) is 4.79 Å². The Hall–Kier alpha value is -0.610. The Bertz CT molecular complexity index is 263. The highest BCUT2D eigenvalue weighted by atomic mass is 16.1. The van der Waals surface area contributed by atoms with Crippen molar-refractivity contribution in [2.24, 2.45) is 5.73 Å². The number of carbonyl (C=O) groups excluding carboxylic acids is 1. The van der Waals surface area contributed by atoms with Crippen LogP contribution in [0.1, 0.15) is 38.5 Å². The summed E-state index contributed by atoms with van der Waals surface area (Å²) in [5.74, 6) is 0.141. The van der Waals surface area contributed by atoms with Gasteiger partial charge in [-0.05, 0) is 45.7 Å². The van der Waals surface area contributed by atoms with E-state index in [0.717, 1.165) is 32.4 Å². The van der Waals surface area contributed by atoms with E-state index in [4.69, 9.17) is 5.73 Å². The zero-order valence-corrected chi connectivity index (χ0v) is 10.2. The maximum absolute atomic E-state index is 11.8. The van der Waals surface area contributed by atoms with Crippen LogP contribution in [-0.4, -0.2) is 42.5 Å². The van der Waals surface area contributed by atoms with E-state index in [2.05, 4.69) is 17.3 Å². The van der Waals surface area contributed by atoms with Gasteiger partial charge in [-0.15, -0.1) is 0 Å². The Balaban J connectivity index is 1.74. The fraction of sp³-hybridized carbons (Fsp3) is 0.917. The van der Waals surface area contributed by atoms with Crippen LogP contribution >= 0.6 is 0 Å². The summed E-state index contributed by atoms with van der Waals surface area (Å²) in [6, 6.07) is 0.329. The largest absolute Gasteiger partial charge is 0.352 e. The molecule has 92 valence electrons. The first-order valence-corrected chi connectivity index (χ1v) is 6.34. The number of carbonyl (C=O) groups is 1. The lowest BCUT2D eigenvalue weighted by Crippen LogP contribution is -2.53. The van der Waals surface area contributed by atoms with Crippen molar-refractivity contribution in [3.05, 3.63) is 0 Å². The highest BCUT2D eigenvalue weighted by Crippen LogP contribution is 2.32. The third-order valence-electron chi connectivity index (χ3n) is 3.85. The molecular formula is C12H23N3O. The van der Waals surface area contributed by atoms with Gasteiger partial charge in [0.25, 0.3) is 0 Å². The summed E-state index contributed by atoms with van der Waals surface area (Å²) in [6.45, 7) is 2.12. The van der Waals surface area contributed by atoms with Crippen molar-refractivity contribution in [2.45, 2.75) is 50.1 Å². The van der Waals surface area contributed by atoms with Gasteiger partial charge in [0.05, 0.1) is 0 Å². The Morgan fingerprint density at radius 1 is 1.50 bits per heavy atom. The van der Waals surface area contributed by atoms with Gasteiger partial charge in [0.15, 0.2) is 0 Å². The number of likely N-dealkylation sites (tertiary alicyclic amines) is 1. The van der Waals surface area contributed by atoms with E-state index >= 15 is 0 Å². The molecular weight excluding hydrogens is 202 g/mol. The molecule has 4 heteroatoms. The van der Waals surface area contributed by atoms with Crippen molar-refractivity contribution in [3.63, 3.8) is 0 Å². The Morgan fingerprint density at radius 3 is 2.81 bits per heavy atom. The molecule has 0 spiro atoms. The van der Waals surface area contributed by atoms with E-state index in [1.807, 2.05) is 0 Å². The van der Waals surface area contributed by atoms with Crippen LogP contribution in [0.5, 0.6) is 0 Å². The average Bonchev–Trinajstić information content (AvgIpc) is 2.15. The predicted octanol–water partition coefficient (Wildman–Crippen LogP) is 0.468. The number of amides is 1. The minimum absolute atomic E-state index is 0.141. The van der Waals surface area contributed by atoms with Gasteiger partial charge in [-0.1, -0.05) is 0 Å². The Labute approximate surface area is 97.6 Å². The molecule has 1 saturated heterocycles. The first-order valence-electron chi connectivity index (χ1n) is 6.34. The van der Waals surface area contributed by atoms with Gasteiger partial charge in [0.1, 0.15) is 0 Å². The van der Waals surface area contributed by atoms with Crippen molar-refractivity contribution in [1.29, 1.82) is 0 Å². The summed E-state index contributed by atoms with van der Waals surface area (Å²) in [4.78, 5) is 14.1. The zero-order valence-electron chi connectivity index (χ0n) is 10.2. The number of hydrogen-bond acceptors (Lipinski definition) is 3. The van der Waals surface area contributed by atoms with Gasteiger partial charge in [-0.2, -0.15) is 0 Å². The van der Waals surface area contributed by atoms with Crippen molar-refractivity contribution in [1.82, 2.24) is 10.2 Å². The number of rotatable bonds is 3. The number of nitrogens with two attached hydrogens (primary N) is 1. The van der Waals surface area contributed by atoms with Crippen LogP contribution < -0.4 is 11.1 Å². The van der Waals surface area contributed by atoms with E-state index < -0.39 is 0 Å². The molecule has 1 atom stereocenters. The molecule has 0 aromatic rings. The summed E-state index contributed by atoms with van der Waals surface area (Å²) >= 11 is 0. The molecule has 16 heavy (non-hydrogen) atoms. The van der Waals surface area contributed by atoms with Crippen LogP contribution in [0.3, 0.4) is 0 Å². The number of nitrogens with zero attached hydrogens (tertiary/aromatic N) is 1. The molecule has 0 aromatic carbocycles. The van der Waals surface area contributed by atoms with Crippen LogP contribution in [0, 0.1) is 0 Å². The molecule has 2 aliphatic rings. The standard InChI is InChI=1S/C12H23N3O/c1-15-7-2-4-10(9-15)14-11(16)8-12(13)5-3-6-12/h10H,2-9,13H2,1H3,(H,14,16). The van der Waals surface area contributed by atoms with Crippen LogP contribution in [0.25, 0.3) is 0 Å². The summed E-state index contributed by atoms with van der Waals surface area (Å²) in [6.07, 6.45) is 5.97. The summed E-state index contributed by atoms with van der Waals surface area (Å²) in [5, 5.41) is 3.11. The molecule has 4 nitrogen and oxygen atoms in total. The lowest BCUT2D eigenvalue weighted by Gasteiger charge is -2.38. The van der Waals surface area contributed by atoms with Gasteiger partial charge in [-0.25, -0.2) is 0 Å². The SMILES string of the molecule is CN1CCCC(NC(=O)CC2(N)CCC2)C1. The summed E-state index contributed by atoms with van der Waals surface area (Å²) in [5.41, 5.74) is 5.88. The van der Waals surface area contributed by atoms with Gasteiger partial charge in [0.2, 0.25) is 5.91 Å². The van der Waals surface area contributed by atoms with Gasteiger partial charge in [0, 0.05) is 24.5 Å².